The van der Waals surface area contributed by atoms with Crippen molar-refractivity contribution in [1.29, 1.82) is 0 Å². The average molecular weight is 273 g/mol. The Morgan fingerprint density at radius 1 is 1.44 bits per heavy atom. The van der Waals surface area contributed by atoms with E-state index < -0.39 is 21.3 Å². The van der Waals surface area contributed by atoms with Crippen LogP contribution in [0.25, 0.3) is 0 Å². The van der Waals surface area contributed by atoms with Crippen molar-refractivity contribution < 1.29 is 27.7 Å². The molecule has 0 bridgehead atoms. The summed E-state index contributed by atoms with van der Waals surface area (Å²) in [6, 6.07) is 3.37. The van der Waals surface area contributed by atoms with Crippen LogP contribution in [-0.4, -0.2) is 30.3 Å². The van der Waals surface area contributed by atoms with Crippen LogP contribution >= 0.6 is 0 Å². The summed E-state index contributed by atoms with van der Waals surface area (Å²) in [6.07, 6.45) is 0.0548. The van der Waals surface area contributed by atoms with Gasteiger partial charge in [-0.25, -0.2) is 0 Å². The monoisotopic (exact) mass is 273 g/mol. The summed E-state index contributed by atoms with van der Waals surface area (Å²) in [5.41, 5.74) is -0.107. The van der Waals surface area contributed by atoms with E-state index in [0.29, 0.717) is 0 Å². The van der Waals surface area contributed by atoms with Gasteiger partial charge < -0.3 is 15.2 Å². The van der Waals surface area contributed by atoms with Gasteiger partial charge >= 0.3 is 0 Å². The van der Waals surface area contributed by atoms with E-state index in [9.17, 15) is 23.1 Å². The van der Waals surface area contributed by atoms with Gasteiger partial charge in [-0.1, -0.05) is 6.07 Å². The standard InChI is InChI=1S/C10H11NO6S/c1-6(13)11-8-4-7(2-3-9(8)14)10(5-12)18(15,16)17/h2-5,10,14H,1H3,(H,11,13)(H,15,16,17). The zero-order valence-electron chi connectivity index (χ0n) is 9.32. The molecular weight excluding hydrogens is 262 g/mol. The van der Waals surface area contributed by atoms with Crippen LogP contribution < -0.4 is 5.32 Å². The predicted molar refractivity (Wildman–Crippen MR) is 62.8 cm³/mol. The topological polar surface area (TPSA) is 121 Å². The molecule has 1 amide bonds. The zero-order valence-corrected chi connectivity index (χ0v) is 10.1. The second kappa shape index (κ2) is 5.15. The molecule has 0 aromatic heterocycles. The first-order valence-electron chi connectivity index (χ1n) is 4.78. The first-order chi connectivity index (χ1) is 8.25. The van der Waals surface area contributed by atoms with Crippen molar-refractivity contribution in [3.63, 3.8) is 0 Å². The Morgan fingerprint density at radius 3 is 2.50 bits per heavy atom. The van der Waals surface area contributed by atoms with E-state index in [-0.39, 0.29) is 23.3 Å². The third kappa shape index (κ3) is 3.28. The van der Waals surface area contributed by atoms with Crippen molar-refractivity contribution in [2.75, 3.05) is 5.32 Å². The van der Waals surface area contributed by atoms with Gasteiger partial charge in [0, 0.05) is 6.92 Å². The summed E-state index contributed by atoms with van der Waals surface area (Å²) in [5.74, 6) is -0.758. The summed E-state index contributed by atoms with van der Waals surface area (Å²) in [6.45, 7) is 1.20. The molecule has 0 fully saturated rings. The molecule has 0 aliphatic carbocycles. The number of hydrogen-bond donors (Lipinski definition) is 3. The van der Waals surface area contributed by atoms with Gasteiger partial charge in [0.05, 0.1) is 5.69 Å². The minimum atomic E-state index is -4.59. The Morgan fingerprint density at radius 2 is 2.06 bits per heavy atom. The predicted octanol–water partition coefficient (Wildman–Crippen LogP) is 0.478. The lowest BCUT2D eigenvalue weighted by Crippen LogP contribution is -2.14. The number of aromatic hydroxyl groups is 1. The molecule has 0 spiro atoms. The molecule has 1 unspecified atom stereocenters. The smallest absolute Gasteiger partial charge is 0.278 e. The molecule has 3 N–H and O–H groups in total. The highest BCUT2D eigenvalue weighted by atomic mass is 32.2. The number of hydrogen-bond acceptors (Lipinski definition) is 5. The van der Waals surface area contributed by atoms with Crippen LogP contribution in [0.3, 0.4) is 0 Å². The Balaban J connectivity index is 3.26. The first kappa shape index (κ1) is 14.1. The summed E-state index contributed by atoms with van der Waals surface area (Å²) >= 11 is 0. The van der Waals surface area contributed by atoms with Gasteiger partial charge in [-0.3, -0.25) is 9.35 Å². The fourth-order valence-electron chi connectivity index (χ4n) is 1.34. The molecule has 8 heteroatoms. The highest BCUT2D eigenvalue weighted by Crippen LogP contribution is 2.29. The molecule has 0 aliphatic heterocycles. The molecule has 7 nitrogen and oxygen atoms in total. The quantitative estimate of drug-likeness (QED) is 0.417. The van der Waals surface area contributed by atoms with Crippen LogP contribution in [0.4, 0.5) is 5.69 Å². The molecule has 1 aromatic carbocycles. The molecular formula is C10H11NO6S. The number of anilines is 1. The van der Waals surface area contributed by atoms with Crippen LogP contribution in [0.15, 0.2) is 18.2 Å². The van der Waals surface area contributed by atoms with E-state index in [1.165, 1.54) is 6.92 Å². The summed E-state index contributed by atoms with van der Waals surface area (Å²) < 4.78 is 30.8. The highest BCUT2D eigenvalue weighted by Gasteiger charge is 2.25. The number of phenolic OH excluding ortho intramolecular Hbond substituents is 1. The van der Waals surface area contributed by atoms with Gasteiger partial charge in [0.25, 0.3) is 10.1 Å². The SMILES string of the molecule is CC(=O)Nc1cc(C(C=O)S(=O)(=O)O)ccc1O. The van der Waals surface area contributed by atoms with Crippen molar-refractivity contribution >= 4 is 28.0 Å². The minimum Gasteiger partial charge on any atom is -0.506 e. The molecule has 1 rings (SSSR count). The second-order valence-electron chi connectivity index (χ2n) is 3.53. The van der Waals surface area contributed by atoms with Gasteiger partial charge in [-0.2, -0.15) is 8.42 Å². The third-order valence-electron chi connectivity index (χ3n) is 2.10. The van der Waals surface area contributed by atoms with Crippen LogP contribution in [0.5, 0.6) is 5.75 Å². The van der Waals surface area contributed by atoms with E-state index in [2.05, 4.69) is 5.32 Å². The average Bonchev–Trinajstić information content (AvgIpc) is 2.21. The van der Waals surface area contributed by atoms with Crippen LogP contribution in [0, 0.1) is 0 Å². The van der Waals surface area contributed by atoms with E-state index in [4.69, 9.17) is 4.55 Å². The summed E-state index contributed by atoms with van der Waals surface area (Å²) in [4.78, 5) is 21.5. The number of carbonyl (C=O) groups excluding carboxylic acids is 2. The van der Waals surface area contributed by atoms with E-state index in [0.717, 1.165) is 18.2 Å². The maximum Gasteiger partial charge on any atom is 0.278 e. The maximum atomic E-state index is 11.0. The van der Waals surface area contributed by atoms with Crippen molar-refractivity contribution in [2.24, 2.45) is 0 Å². The highest BCUT2D eigenvalue weighted by molar-refractivity contribution is 7.86. The van der Waals surface area contributed by atoms with E-state index in [1.807, 2.05) is 0 Å². The molecule has 0 saturated heterocycles. The Kier molecular flexibility index (Phi) is 4.04. The van der Waals surface area contributed by atoms with Crippen molar-refractivity contribution in [3.8, 4) is 5.75 Å². The van der Waals surface area contributed by atoms with Gasteiger partial charge in [-0.15, -0.1) is 0 Å². The summed E-state index contributed by atoms with van der Waals surface area (Å²) in [7, 11) is -4.59. The van der Waals surface area contributed by atoms with E-state index >= 15 is 0 Å². The normalized spacial score (nSPS) is 12.8. The van der Waals surface area contributed by atoms with Gasteiger partial charge in [-0.05, 0) is 17.7 Å². The van der Waals surface area contributed by atoms with Gasteiger partial charge in [0.1, 0.15) is 12.0 Å². The third-order valence-corrected chi connectivity index (χ3v) is 3.13. The molecule has 18 heavy (non-hydrogen) atoms. The number of rotatable bonds is 4. The number of phenols is 1. The second-order valence-corrected chi connectivity index (χ2v) is 5.07. The molecule has 1 atom stereocenters. The lowest BCUT2D eigenvalue weighted by atomic mass is 10.1. The number of carbonyl (C=O) groups is 2. The summed E-state index contributed by atoms with van der Waals surface area (Å²) in [5, 5.41) is 9.93. The fraction of sp³-hybridized carbons (Fsp3) is 0.200. The van der Waals surface area contributed by atoms with Crippen LogP contribution in [-0.2, 0) is 19.7 Å². The van der Waals surface area contributed by atoms with Crippen LogP contribution in [0.1, 0.15) is 17.7 Å². The number of aldehydes is 1. The van der Waals surface area contributed by atoms with E-state index in [1.54, 1.807) is 0 Å². The molecule has 0 heterocycles. The van der Waals surface area contributed by atoms with Gasteiger partial charge in [0.2, 0.25) is 5.91 Å². The Bertz CT molecular complexity index is 580. The Hall–Kier alpha value is -1.93. The lowest BCUT2D eigenvalue weighted by Gasteiger charge is -2.11. The zero-order chi connectivity index (χ0) is 13.9. The largest absolute Gasteiger partial charge is 0.506 e. The maximum absolute atomic E-state index is 11.0. The molecule has 1 aromatic rings. The first-order valence-corrected chi connectivity index (χ1v) is 6.28. The number of benzene rings is 1. The minimum absolute atomic E-state index is 0.0458. The molecule has 0 aliphatic rings. The van der Waals surface area contributed by atoms with Crippen molar-refractivity contribution in [1.82, 2.24) is 0 Å². The lowest BCUT2D eigenvalue weighted by molar-refractivity contribution is -0.114. The fourth-order valence-corrected chi connectivity index (χ4v) is 1.97. The molecule has 0 radical (unpaired) electrons. The van der Waals surface area contributed by atoms with Gasteiger partial charge in [0.15, 0.2) is 5.25 Å². The van der Waals surface area contributed by atoms with Crippen molar-refractivity contribution in [3.05, 3.63) is 23.8 Å². The van der Waals surface area contributed by atoms with Crippen LogP contribution in [0.2, 0.25) is 0 Å². The van der Waals surface area contributed by atoms with Crippen molar-refractivity contribution in [2.45, 2.75) is 12.2 Å². The number of amides is 1. The molecule has 0 saturated carbocycles. The number of nitrogens with one attached hydrogen (secondary N) is 1. The molecule has 98 valence electrons. The Labute approximate surface area is 103 Å².